The van der Waals surface area contributed by atoms with E-state index in [1.165, 1.54) is 7.05 Å². The molecule has 0 radical (unpaired) electrons. The Morgan fingerprint density at radius 1 is 1.20 bits per heavy atom. The Kier molecular flexibility index (Phi) is 5.35. The maximum absolute atomic E-state index is 13.2. The summed E-state index contributed by atoms with van der Waals surface area (Å²) in [6.45, 7) is 1.66. The molecule has 0 bridgehead atoms. The molecule has 7 nitrogen and oxygen atoms in total. The van der Waals surface area contributed by atoms with E-state index in [1.807, 2.05) is 6.92 Å². The molecule has 3 N–H and O–H groups in total. The van der Waals surface area contributed by atoms with Gasteiger partial charge in [0.2, 0.25) is 0 Å². The zero-order chi connectivity index (χ0) is 18.7. The van der Waals surface area contributed by atoms with Crippen molar-refractivity contribution in [3.63, 3.8) is 0 Å². The molecular weight excluding hydrogens is 334 g/mol. The quantitative estimate of drug-likeness (QED) is 0.759. The number of ketones is 1. The number of hydrogen-bond donors (Lipinski definition) is 2. The van der Waals surface area contributed by atoms with Gasteiger partial charge in [-0.1, -0.05) is 6.92 Å². The predicted molar refractivity (Wildman–Crippen MR) is 89.8 cm³/mol. The van der Waals surface area contributed by atoms with Crippen LogP contribution in [-0.4, -0.2) is 21.5 Å². The average molecular weight is 352 g/mol. The van der Waals surface area contributed by atoms with Gasteiger partial charge in [-0.2, -0.15) is 0 Å². The Bertz CT molecular complexity index is 914. The first kappa shape index (κ1) is 18.4. The number of carbonyl (C=O) groups excluding carboxylic acids is 1. The summed E-state index contributed by atoms with van der Waals surface area (Å²) in [5.41, 5.74) is 4.13. The number of halogens is 2. The van der Waals surface area contributed by atoms with Crippen LogP contribution in [0.5, 0.6) is 0 Å². The van der Waals surface area contributed by atoms with Gasteiger partial charge in [-0.25, -0.2) is 13.6 Å². The summed E-state index contributed by atoms with van der Waals surface area (Å²) in [7, 11) is 1.25. The fourth-order valence-electron chi connectivity index (χ4n) is 2.41. The zero-order valence-corrected chi connectivity index (χ0v) is 13.8. The first-order valence-corrected chi connectivity index (χ1v) is 7.58. The molecule has 0 saturated heterocycles. The van der Waals surface area contributed by atoms with Gasteiger partial charge in [0.05, 0.1) is 6.54 Å². The average Bonchev–Trinajstić information content (AvgIpc) is 2.54. The van der Waals surface area contributed by atoms with E-state index in [2.05, 4.69) is 5.32 Å². The Balaban J connectivity index is 2.36. The minimum atomic E-state index is -0.813. The molecule has 0 aliphatic heterocycles. The molecule has 0 saturated carbocycles. The van der Waals surface area contributed by atoms with Crippen LogP contribution in [0, 0.1) is 11.6 Å². The van der Waals surface area contributed by atoms with Gasteiger partial charge in [-0.3, -0.25) is 18.7 Å². The molecule has 1 heterocycles. The van der Waals surface area contributed by atoms with Crippen molar-refractivity contribution in [1.29, 1.82) is 0 Å². The third-order valence-electron chi connectivity index (χ3n) is 3.62. The second-order valence-electron chi connectivity index (χ2n) is 5.49. The molecule has 1 aromatic heterocycles. The summed E-state index contributed by atoms with van der Waals surface area (Å²) in [5.74, 6) is -2.51. The highest BCUT2D eigenvalue weighted by molar-refractivity contribution is 6.02. The van der Waals surface area contributed by atoms with Crippen molar-refractivity contribution >= 4 is 17.3 Å². The van der Waals surface area contributed by atoms with E-state index in [4.69, 9.17) is 5.73 Å². The van der Waals surface area contributed by atoms with Crippen LogP contribution >= 0.6 is 0 Å². The van der Waals surface area contributed by atoms with Crippen LogP contribution in [-0.2, 0) is 13.6 Å². The number of hydrogen-bond acceptors (Lipinski definition) is 5. The van der Waals surface area contributed by atoms with Gasteiger partial charge in [0.15, 0.2) is 5.78 Å². The van der Waals surface area contributed by atoms with Gasteiger partial charge in [-0.05, 0) is 18.6 Å². The SMILES string of the molecule is CCCn1c(N)c(C(=O)CNc2cc(F)cc(F)c2)c(=O)n(C)c1=O. The van der Waals surface area contributed by atoms with E-state index in [-0.39, 0.29) is 23.6 Å². The van der Waals surface area contributed by atoms with E-state index < -0.39 is 35.2 Å². The molecule has 0 unspecified atom stereocenters. The Morgan fingerprint density at radius 3 is 2.36 bits per heavy atom. The third kappa shape index (κ3) is 3.76. The third-order valence-corrected chi connectivity index (χ3v) is 3.62. The molecule has 0 fully saturated rings. The Hall–Kier alpha value is -2.97. The van der Waals surface area contributed by atoms with Crippen LogP contribution in [0.25, 0.3) is 0 Å². The lowest BCUT2D eigenvalue weighted by atomic mass is 10.1. The summed E-state index contributed by atoms with van der Waals surface area (Å²) in [6, 6.07) is 2.72. The Morgan fingerprint density at radius 2 is 1.80 bits per heavy atom. The summed E-state index contributed by atoms with van der Waals surface area (Å²) in [5, 5.41) is 2.54. The second kappa shape index (κ2) is 7.29. The molecule has 0 aliphatic carbocycles. The first-order valence-electron chi connectivity index (χ1n) is 7.58. The lowest BCUT2D eigenvalue weighted by Crippen LogP contribution is -2.43. The summed E-state index contributed by atoms with van der Waals surface area (Å²) in [6.07, 6.45) is 0.580. The molecule has 2 aromatic rings. The van der Waals surface area contributed by atoms with Gasteiger partial charge in [0.1, 0.15) is 23.0 Å². The predicted octanol–water partition coefficient (Wildman–Crippen LogP) is 1.11. The number of rotatable bonds is 6. The molecule has 0 aliphatic rings. The van der Waals surface area contributed by atoms with Crippen LogP contribution < -0.4 is 22.3 Å². The second-order valence-corrected chi connectivity index (χ2v) is 5.49. The maximum atomic E-state index is 13.2. The van der Waals surface area contributed by atoms with Gasteiger partial charge in [0.25, 0.3) is 5.56 Å². The number of nitrogens with zero attached hydrogens (tertiary/aromatic N) is 2. The lowest BCUT2D eigenvalue weighted by Gasteiger charge is -2.14. The maximum Gasteiger partial charge on any atom is 0.332 e. The Labute approximate surface area is 141 Å². The number of Topliss-reactive ketones (excluding diaryl/α,β-unsaturated/α-hetero) is 1. The molecule has 0 spiro atoms. The number of aromatic nitrogens is 2. The number of benzene rings is 1. The first-order chi connectivity index (χ1) is 11.8. The molecule has 25 heavy (non-hydrogen) atoms. The van der Waals surface area contributed by atoms with E-state index in [1.54, 1.807) is 0 Å². The topological polar surface area (TPSA) is 99.1 Å². The largest absolute Gasteiger partial charge is 0.384 e. The highest BCUT2D eigenvalue weighted by Crippen LogP contribution is 2.13. The normalized spacial score (nSPS) is 10.7. The van der Waals surface area contributed by atoms with E-state index in [9.17, 15) is 23.2 Å². The van der Waals surface area contributed by atoms with E-state index >= 15 is 0 Å². The van der Waals surface area contributed by atoms with Crippen molar-refractivity contribution in [2.75, 3.05) is 17.6 Å². The van der Waals surface area contributed by atoms with E-state index in [0.717, 1.165) is 21.3 Å². The van der Waals surface area contributed by atoms with Crippen molar-refractivity contribution in [2.24, 2.45) is 7.05 Å². The number of carbonyl (C=O) groups is 1. The molecule has 1 aromatic carbocycles. The van der Waals surface area contributed by atoms with Gasteiger partial charge in [-0.15, -0.1) is 0 Å². The lowest BCUT2D eigenvalue weighted by molar-refractivity contribution is 0.100. The van der Waals surface area contributed by atoms with Gasteiger partial charge in [0, 0.05) is 25.3 Å². The monoisotopic (exact) mass is 352 g/mol. The van der Waals surface area contributed by atoms with Gasteiger partial charge >= 0.3 is 5.69 Å². The standard InChI is InChI=1S/C16H18F2N4O3/c1-3-4-22-14(19)13(15(24)21(2)16(22)25)12(23)8-20-11-6-9(17)5-10(18)7-11/h5-7,20H,3-4,8,19H2,1-2H3. The van der Waals surface area contributed by atoms with Gasteiger partial charge < -0.3 is 11.1 Å². The zero-order valence-electron chi connectivity index (χ0n) is 13.8. The van der Waals surface area contributed by atoms with Crippen LogP contribution in [0.3, 0.4) is 0 Å². The van der Waals surface area contributed by atoms with Crippen molar-refractivity contribution in [3.05, 3.63) is 56.2 Å². The highest BCUT2D eigenvalue weighted by atomic mass is 19.1. The minimum absolute atomic E-state index is 0.0446. The number of nitrogen functional groups attached to an aromatic ring is 1. The summed E-state index contributed by atoms with van der Waals surface area (Å²) >= 11 is 0. The molecule has 0 amide bonds. The van der Waals surface area contributed by atoms with Crippen LogP contribution in [0.2, 0.25) is 0 Å². The molecular formula is C16H18F2N4O3. The number of anilines is 2. The number of nitrogens with one attached hydrogen (secondary N) is 1. The van der Waals surface area contributed by atoms with E-state index in [0.29, 0.717) is 12.5 Å². The molecule has 0 atom stereocenters. The fourth-order valence-corrected chi connectivity index (χ4v) is 2.41. The number of nitrogens with two attached hydrogens (primary N) is 1. The summed E-state index contributed by atoms with van der Waals surface area (Å²) in [4.78, 5) is 36.7. The fraction of sp³-hybridized carbons (Fsp3) is 0.312. The van der Waals surface area contributed by atoms with Crippen molar-refractivity contribution in [2.45, 2.75) is 19.9 Å². The smallest absolute Gasteiger partial charge is 0.332 e. The summed E-state index contributed by atoms with van der Waals surface area (Å²) < 4.78 is 28.3. The molecule has 2 rings (SSSR count). The minimum Gasteiger partial charge on any atom is -0.384 e. The van der Waals surface area contributed by atoms with Crippen molar-refractivity contribution in [1.82, 2.24) is 9.13 Å². The highest BCUT2D eigenvalue weighted by Gasteiger charge is 2.21. The molecule has 134 valence electrons. The van der Waals surface area contributed by atoms with Crippen molar-refractivity contribution < 1.29 is 13.6 Å². The van der Waals surface area contributed by atoms with Crippen LogP contribution in [0.15, 0.2) is 27.8 Å². The molecule has 9 heteroatoms. The van der Waals surface area contributed by atoms with Crippen molar-refractivity contribution in [3.8, 4) is 0 Å². The van der Waals surface area contributed by atoms with Crippen LogP contribution in [0.1, 0.15) is 23.7 Å². The van der Waals surface area contributed by atoms with Crippen LogP contribution in [0.4, 0.5) is 20.3 Å².